The first kappa shape index (κ1) is 11.2. The number of nitrogens with zero attached hydrogens (tertiary/aromatic N) is 1. The molecule has 0 unspecified atom stereocenters. The molecule has 0 aromatic rings. The van der Waals surface area contributed by atoms with Gasteiger partial charge in [0.05, 0.1) is 12.0 Å². The average molecular weight is 223 g/mol. The maximum absolute atomic E-state index is 11.8. The fraction of sp³-hybridized carbons (Fsp3) is 0.667. The summed E-state index contributed by atoms with van der Waals surface area (Å²) in [6.07, 6.45) is 5.03. The van der Waals surface area contributed by atoms with Crippen molar-refractivity contribution in [2.24, 2.45) is 5.92 Å². The first-order valence-corrected chi connectivity index (χ1v) is 5.61. The molecule has 2 atom stereocenters. The van der Waals surface area contributed by atoms with Crippen molar-refractivity contribution in [3.63, 3.8) is 0 Å². The fourth-order valence-electron chi connectivity index (χ4n) is 2.15. The number of imide groups is 1. The zero-order valence-corrected chi connectivity index (χ0v) is 9.90. The number of rotatable bonds is 0. The van der Waals surface area contributed by atoms with Gasteiger partial charge in [-0.2, -0.15) is 0 Å². The number of allylic oxidation sites excluding steroid dienone is 1. The minimum absolute atomic E-state index is 0.00230. The van der Waals surface area contributed by atoms with Gasteiger partial charge in [0.25, 0.3) is 0 Å². The van der Waals surface area contributed by atoms with Crippen LogP contribution in [0.2, 0.25) is 0 Å². The minimum Gasteiger partial charge on any atom is -0.443 e. The SMILES string of the molecule is CC(C)(C)OC(=O)N1C(=O)[C@H]2CC=CC[C@H]21. The van der Waals surface area contributed by atoms with E-state index in [0.29, 0.717) is 0 Å². The molecule has 2 aliphatic rings. The van der Waals surface area contributed by atoms with Crippen molar-refractivity contribution in [2.75, 3.05) is 0 Å². The molecule has 4 nitrogen and oxygen atoms in total. The van der Waals surface area contributed by atoms with Gasteiger partial charge in [0.1, 0.15) is 5.60 Å². The van der Waals surface area contributed by atoms with Crippen molar-refractivity contribution < 1.29 is 14.3 Å². The number of ether oxygens (including phenoxy) is 1. The van der Waals surface area contributed by atoms with Crippen molar-refractivity contribution in [1.82, 2.24) is 4.90 Å². The van der Waals surface area contributed by atoms with Gasteiger partial charge >= 0.3 is 6.09 Å². The number of fused-ring (bicyclic) bond motifs is 1. The number of hydrogen-bond acceptors (Lipinski definition) is 3. The Morgan fingerprint density at radius 2 is 2.00 bits per heavy atom. The van der Waals surface area contributed by atoms with Gasteiger partial charge in [-0.3, -0.25) is 4.79 Å². The first-order chi connectivity index (χ1) is 7.40. The third-order valence-electron chi connectivity index (χ3n) is 2.88. The molecule has 16 heavy (non-hydrogen) atoms. The van der Waals surface area contributed by atoms with Crippen LogP contribution in [0.1, 0.15) is 33.6 Å². The van der Waals surface area contributed by atoms with Gasteiger partial charge in [-0.25, -0.2) is 9.69 Å². The van der Waals surface area contributed by atoms with Crippen LogP contribution in [0, 0.1) is 5.92 Å². The third-order valence-corrected chi connectivity index (χ3v) is 2.88. The van der Waals surface area contributed by atoms with Crippen LogP contribution >= 0.6 is 0 Å². The Labute approximate surface area is 95.2 Å². The monoisotopic (exact) mass is 223 g/mol. The summed E-state index contributed by atoms with van der Waals surface area (Å²) in [5.74, 6) is -0.0962. The van der Waals surface area contributed by atoms with E-state index < -0.39 is 11.7 Å². The predicted molar refractivity (Wildman–Crippen MR) is 58.7 cm³/mol. The Hall–Kier alpha value is -1.32. The summed E-state index contributed by atoms with van der Waals surface area (Å²) in [6.45, 7) is 5.40. The summed E-state index contributed by atoms with van der Waals surface area (Å²) < 4.78 is 5.20. The standard InChI is InChI=1S/C12H17NO3/c1-12(2,3)16-11(15)13-9-7-5-4-6-8(9)10(13)14/h4-5,8-9H,6-7H2,1-3H3/t8-,9+/m0/s1. The highest BCUT2D eigenvalue weighted by Gasteiger charge is 2.51. The summed E-state index contributed by atoms with van der Waals surface area (Å²) in [5.41, 5.74) is -0.549. The van der Waals surface area contributed by atoms with Crippen LogP contribution in [-0.2, 0) is 9.53 Å². The molecular formula is C12H17NO3. The van der Waals surface area contributed by atoms with E-state index in [1.54, 1.807) is 20.8 Å². The highest BCUT2D eigenvalue weighted by Crippen LogP contribution is 2.36. The topological polar surface area (TPSA) is 46.6 Å². The zero-order valence-electron chi connectivity index (χ0n) is 9.90. The van der Waals surface area contributed by atoms with Gasteiger partial charge in [0.15, 0.2) is 0 Å². The van der Waals surface area contributed by atoms with Crippen LogP contribution in [0.4, 0.5) is 4.79 Å². The molecule has 2 rings (SSSR count). The van der Waals surface area contributed by atoms with Gasteiger partial charge in [-0.1, -0.05) is 12.2 Å². The summed E-state index contributed by atoms with van der Waals surface area (Å²) in [4.78, 5) is 24.7. The Kier molecular flexibility index (Phi) is 2.52. The lowest BCUT2D eigenvalue weighted by molar-refractivity contribution is -0.153. The second kappa shape index (κ2) is 3.61. The van der Waals surface area contributed by atoms with Crippen LogP contribution in [0.15, 0.2) is 12.2 Å². The number of likely N-dealkylation sites (tertiary alicyclic amines) is 1. The first-order valence-electron chi connectivity index (χ1n) is 5.61. The average Bonchev–Trinajstić information content (AvgIpc) is 2.14. The summed E-state index contributed by atoms with van der Waals surface area (Å²) >= 11 is 0. The van der Waals surface area contributed by atoms with Crippen molar-refractivity contribution in [3.8, 4) is 0 Å². The van der Waals surface area contributed by atoms with Crippen LogP contribution < -0.4 is 0 Å². The van der Waals surface area contributed by atoms with Gasteiger partial charge in [-0.05, 0) is 33.6 Å². The van der Waals surface area contributed by atoms with Crippen molar-refractivity contribution in [2.45, 2.75) is 45.3 Å². The quantitative estimate of drug-likeness (QED) is 0.466. The maximum Gasteiger partial charge on any atom is 0.417 e. The summed E-state index contributed by atoms with van der Waals surface area (Å²) in [5, 5.41) is 0. The van der Waals surface area contributed by atoms with E-state index in [9.17, 15) is 9.59 Å². The number of carbonyl (C=O) groups excluding carboxylic acids is 2. The number of carbonyl (C=O) groups is 2. The van der Waals surface area contributed by atoms with E-state index in [-0.39, 0.29) is 17.9 Å². The molecule has 1 fully saturated rings. The summed E-state index contributed by atoms with van der Waals surface area (Å²) in [7, 11) is 0. The molecule has 1 heterocycles. The highest BCUT2D eigenvalue weighted by atomic mass is 16.6. The molecule has 0 aromatic heterocycles. The Balaban J connectivity index is 2.03. The molecule has 0 saturated carbocycles. The van der Waals surface area contributed by atoms with Crippen LogP contribution in [-0.4, -0.2) is 28.5 Å². The number of hydrogen-bond donors (Lipinski definition) is 0. The lowest BCUT2D eigenvalue weighted by Crippen LogP contribution is -2.64. The summed E-state index contributed by atoms with van der Waals surface area (Å²) in [6, 6.07) is 0.0207. The number of amides is 2. The molecular weight excluding hydrogens is 206 g/mol. The van der Waals surface area contributed by atoms with Gasteiger partial charge < -0.3 is 4.74 Å². The van der Waals surface area contributed by atoms with Crippen molar-refractivity contribution >= 4 is 12.0 Å². The molecule has 4 heteroatoms. The second-order valence-corrected chi connectivity index (χ2v) is 5.31. The molecule has 0 N–H and O–H groups in total. The Bertz CT molecular complexity index is 354. The van der Waals surface area contributed by atoms with Gasteiger partial charge in [0.2, 0.25) is 5.91 Å². The molecule has 0 spiro atoms. The van der Waals surface area contributed by atoms with E-state index in [0.717, 1.165) is 12.8 Å². The second-order valence-electron chi connectivity index (χ2n) is 5.31. The van der Waals surface area contributed by atoms with Crippen molar-refractivity contribution in [1.29, 1.82) is 0 Å². The molecule has 0 aromatic carbocycles. The Morgan fingerprint density at radius 3 is 2.62 bits per heavy atom. The maximum atomic E-state index is 11.8. The highest BCUT2D eigenvalue weighted by molar-refractivity contribution is 5.99. The lowest BCUT2D eigenvalue weighted by Gasteiger charge is -2.46. The van der Waals surface area contributed by atoms with Crippen LogP contribution in [0.5, 0.6) is 0 Å². The van der Waals surface area contributed by atoms with E-state index in [4.69, 9.17) is 4.74 Å². The van der Waals surface area contributed by atoms with E-state index in [1.165, 1.54) is 4.90 Å². The smallest absolute Gasteiger partial charge is 0.417 e. The zero-order chi connectivity index (χ0) is 11.9. The normalized spacial score (nSPS) is 28.4. The third kappa shape index (κ3) is 1.84. The molecule has 0 radical (unpaired) electrons. The fourth-order valence-corrected chi connectivity index (χ4v) is 2.15. The van der Waals surface area contributed by atoms with Gasteiger partial charge in [-0.15, -0.1) is 0 Å². The minimum atomic E-state index is -0.549. The van der Waals surface area contributed by atoms with Crippen LogP contribution in [0.3, 0.4) is 0 Å². The Morgan fingerprint density at radius 1 is 1.38 bits per heavy atom. The predicted octanol–water partition coefficient (Wildman–Crippen LogP) is 2.10. The molecule has 0 bridgehead atoms. The van der Waals surface area contributed by atoms with E-state index >= 15 is 0 Å². The van der Waals surface area contributed by atoms with E-state index in [1.807, 2.05) is 12.2 Å². The van der Waals surface area contributed by atoms with E-state index in [2.05, 4.69) is 0 Å². The van der Waals surface area contributed by atoms with Crippen molar-refractivity contribution in [3.05, 3.63) is 12.2 Å². The van der Waals surface area contributed by atoms with Crippen LogP contribution in [0.25, 0.3) is 0 Å². The lowest BCUT2D eigenvalue weighted by atomic mass is 9.80. The van der Waals surface area contributed by atoms with Gasteiger partial charge in [0, 0.05) is 0 Å². The number of β-lactam (4-membered cyclic amide) rings is 1. The molecule has 1 aliphatic carbocycles. The molecule has 1 aliphatic heterocycles. The molecule has 2 amide bonds. The largest absolute Gasteiger partial charge is 0.443 e. The molecule has 1 saturated heterocycles. The molecule has 88 valence electrons.